The van der Waals surface area contributed by atoms with E-state index in [1.54, 1.807) is 0 Å². The van der Waals surface area contributed by atoms with Crippen molar-refractivity contribution in [3.8, 4) is 0 Å². The zero-order valence-corrected chi connectivity index (χ0v) is 65.0. The molecule has 9 nitrogen and oxygen atoms in total. The Labute approximate surface area is 602 Å². The number of hydrogen-bond acceptors (Lipinski definition) is 8. The molecular weight excluding hydrogens is 1220 g/mol. The molecule has 97 heavy (non-hydrogen) atoms. The lowest BCUT2D eigenvalue weighted by Gasteiger charge is -2.19. The summed E-state index contributed by atoms with van der Waals surface area (Å²) >= 11 is 0. The van der Waals surface area contributed by atoms with Crippen LogP contribution in [0.2, 0.25) is 0 Å². The van der Waals surface area contributed by atoms with Gasteiger partial charge in [-0.05, 0) is 89.9 Å². The Morgan fingerprint density at radius 3 is 0.845 bits per heavy atom. The summed E-state index contributed by atoms with van der Waals surface area (Å²) in [4.78, 5) is 35.5. The third kappa shape index (κ3) is 82.0. The van der Waals surface area contributed by atoms with Gasteiger partial charge < -0.3 is 20.1 Å². The van der Waals surface area contributed by atoms with Gasteiger partial charge in [0.1, 0.15) is 6.61 Å². The van der Waals surface area contributed by atoms with Crippen molar-refractivity contribution in [2.75, 3.05) is 26.4 Å². The summed E-state index contributed by atoms with van der Waals surface area (Å²) in [5.41, 5.74) is 5.42. The van der Waals surface area contributed by atoms with Crippen molar-refractivity contribution in [3.63, 3.8) is 0 Å². The Kier molecular flexibility index (Phi) is 79.8. The highest BCUT2D eigenvalue weighted by atomic mass is 31.2. The van der Waals surface area contributed by atoms with Crippen LogP contribution in [0.5, 0.6) is 0 Å². The zero-order valence-electron chi connectivity index (χ0n) is 64.1. The summed E-state index contributed by atoms with van der Waals surface area (Å²) in [6, 6.07) is 0. The molecule has 0 saturated carbocycles. The lowest BCUT2D eigenvalue weighted by Crippen LogP contribution is -2.29. The normalized spacial score (nSPS) is 13.2. The Morgan fingerprint density at radius 1 is 0.320 bits per heavy atom. The largest absolute Gasteiger partial charge is 0.472 e. The molecule has 3 N–H and O–H groups in total. The fourth-order valence-corrected chi connectivity index (χ4v) is 13.3. The topological polar surface area (TPSA) is 134 Å². The van der Waals surface area contributed by atoms with Crippen LogP contribution >= 0.6 is 7.82 Å². The van der Waals surface area contributed by atoms with E-state index in [1.807, 2.05) is 0 Å². The van der Waals surface area contributed by atoms with Crippen LogP contribution in [0.15, 0.2) is 85.1 Å². The van der Waals surface area contributed by atoms with Crippen LogP contribution in [0.25, 0.3) is 0 Å². The Hall–Kier alpha value is -2.81. The molecule has 0 aromatic heterocycles. The lowest BCUT2D eigenvalue weighted by molar-refractivity contribution is -0.161. The van der Waals surface area contributed by atoms with Crippen molar-refractivity contribution in [2.45, 2.75) is 431 Å². The number of rotatable bonds is 80. The zero-order chi connectivity index (χ0) is 70.0. The smallest absolute Gasteiger partial charge is 0.462 e. The van der Waals surface area contributed by atoms with Gasteiger partial charge in [0.15, 0.2) is 6.10 Å². The van der Waals surface area contributed by atoms with Crippen LogP contribution in [0.3, 0.4) is 0 Å². The molecule has 0 fully saturated rings. The predicted molar refractivity (Wildman–Crippen MR) is 422 cm³/mol. The minimum Gasteiger partial charge on any atom is -0.462 e. The summed E-state index contributed by atoms with van der Waals surface area (Å²) in [7, 11) is -4.40. The second-order valence-corrected chi connectivity index (χ2v) is 29.8. The minimum absolute atomic E-state index is 0.0548. The van der Waals surface area contributed by atoms with Gasteiger partial charge in [0.2, 0.25) is 0 Å². The van der Waals surface area contributed by atoms with Crippen LogP contribution in [0, 0.1) is 0 Å². The van der Waals surface area contributed by atoms with E-state index in [0.29, 0.717) is 6.42 Å². The number of unbranched alkanes of at least 4 members (excludes halogenated alkanes) is 53. The maximum atomic E-state index is 12.8. The number of esters is 2. The fraction of sp³-hybridized carbons (Fsp3) is 0.816. The van der Waals surface area contributed by atoms with E-state index in [4.69, 9.17) is 24.3 Å². The molecule has 566 valence electrons. The summed E-state index contributed by atoms with van der Waals surface area (Å²) < 4.78 is 33.3. The van der Waals surface area contributed by atoms with Gasteiger partial charge in [-0.15, -0.1) is 0 Å². The second kappa shape index (κ2) is 82.1. The van der Waals surface area contributed by atoms with Crippen LogP contribution in [-0.2, 0) is 32.7 Å². The van der Waals surface area contributed by atoms with Gasteiger partial charge in [0.05, 0.1) is 13.2 Å². The summed E-state index contributed by atoms with van der Waals surface area (Å²) in [5.74, 6) is -0.804. The summed E-state index contributed by atoms with van der Waals surface area (Å²) in [6.45, 7) is 3.69. The van der Waals surface area contributed by atoms with Gasteiger partial charge in [0.25, 0.3) is 0 Å². The summed E-state index contributed by atoms with van der Waals surface area (Å²) in [6.07, 6.45) is 112. The third-order valence-corrected chi connectivity index (χ3v) is 19.7. The van der Waals surface area contributed by atoms with Gasteiger partial charge in [-0.1, -0.05) is 407 Å². The first kappa shape index (κ1) is 94.2. The van der Waals surface area contributed by atoms with E-state index in [9.17, 15) is 19.0 Å². The molecule has 0 aliphatic rings. The Bertz CT molecular complexity index is 1870. The number of phosphoric ester groups is 1. The molecular formula is C87H160NO8P. The van der Waals surface area contributed by atoms with Crippen molar-refractivity contribution in [2.24, 2.45) is 5.73 Å². The van der Waals surface area contributed by atoms with E-state index >= 15 is 0 Å². The monoisotopic (exact) mass is 1380 g/mol. The molecule has 0 aromatic carbocycles. The molecule has 0 rings (SSSR count). The molecule has 0 bridgehead atoms. The highest BCUT2D eigenvalue weighted by molar-refractivity contribution is 7.47. The highest BCUT2D eigenvalue weighted by Gasteiger charge is 2.26. The standard InChI is InChI=1S/C87H160NO8P/c1-3-5-7-9-11-13-15-17-19-21-23-25-27-29-31-33-35-37-39-41-42-44-45-47-49-51-53-55-57-59-61-63-65-67-69-71-73-75-77-79-86(89)93-83-85(84-95-97(91,92)94-82-81-88)96-87(90)80-78-76-74-72-70-68-66-64-62-60-58-56-54-52-50-48-46-43-40-38-36-34-32-30-28-26-24-22-20-18-16-14-12-10-8-6-4-2/h6,8,12,14-15,17-18,20-21,23-24,26-27,29,85H,3-5,7,9-11,13,16,19,22,25,28,30-84,88H2,1-2H3,(H,91,92)/b8-6-,14-12-,17-15-,20-18-,23-21-,26-24-,29-27-. The van der Waals surface area contributed by atoms with Crippen molar-refractivity contribution in [1.29, 1.82) is 0 Å². The Balaban J connectivity index is 3.74. The maximum absolute atomic E-state index is 12.8. The molecule has 0 heterocycles. The first-order valence-corrected chi connectivity index (χ1v) is 43.6. The van der Waals surface area contributed by atoms with E-state index in [0.717, 1.165) is 70.6 Å². The third-order valence-electron chi connectivity index (χ3n) is 18.8. The molecule has 0 spiro atoms. The van der Waals surface area contributed by atoms with Crippen LogP contribution in [0.4, 0.5) is 0 Å². The second-order valence-electron chi connectivity index (χ2n) is 28.3. The van der Waals surface area contributed by atoms with Gasteiger partial charge >= 0.3 is 19.8 Å². The fourth-order valence-electron chi connectivity index (χ4n) is 12.6. The molecule has 0 radical (unpaired) electrons. The summed E-state index contributed by atoms with van der Waals surface area (Å²) in [5, 5.41) is 0. The number of carbonyl (C=O) groups excluding carboxylic acids is 2. The number of carbonyl (C=O) groups is 2. The molecule has 0 amide bonds. The molecule has 0 saturated heterocycles. The lowest BCUT2D eigenvalue weighted by atomic mass is 10.0. The van der Waals surface area contributed by atoms with Gasteiger partial charge in [0, 0.05) is 19.4 Å². The molecule has 10 heteroatoms. The number of ether oxygens (including phenoxy) is 2. The maximum Gasteiger partial charge on any atom is 0.472 e. The van der Waals surface area contributed by atoms with Crippen LogP contribution < -0.4 is 5.73 Å². The molecule has 2 unspecified atom stereocenters. The van der Waals surface area contributed by atoms with Crippen LogP contribution in [-0.4, -0.2) is 49.3 Å². The molecule has 2 atom stereocenters. The van der Waals surface area contributed by atoms with E-state index in [-0.39, 0.29) is 38.6 Å². The number of nitrogens with two attached hydrogens (primary N) is 1. The van der Waals surface area contributed by atoms with Gasteiger partial charge in [-0.3, -0.25) is 18.6 Å². The molecule has 0 aromatic rings. The number of allylic oxidation sites excluding steroid dienone is 14. The van der Waals surface area contributed by atoms with Gasteiger partial charge in [-0.2, -0.15) is 0 Å². The SMILES string of the molecule is CC/C=C\C/C=C\C/C=C\C/C=C\CCCCCCCCCCCCCCCCCCCCCCCCCCC(=O)OC(COC(=O)CCCCCCCCCCCCCCCCCCCCCCCCCC/C=C\C/C=C\C/C=C\CCCCCCC)COP(=O)(O)OCCN. The van der Waals surface area contributed by atoms with Gasteiger partial charge in [-0.25, -0.2) is 4.57 Å². The number of phosphoric acid groups is 1. The molecule has 0 aliphatic carbocycles. The first-order chi connectivity index (χ1) is 47.8. The number of hydrogen-bond donors (Lipinski definition) is 2. The van der Waals surface area contributed by atoms with E-state index in [1.165, 1.54) is 321 Å². The first-order valence-electron chi connectivity index (χ1n) is 42.1. The highest BCUT2D eigenvalue weighted by Crippen LogP contribution is 2.43. The van der Waals surface area contributed by atoms with Crippen molar-refractivity contribution < 1.29 is 37.6 Å². The predicted octanol–water partition coefficient (Wildman–Crippen LogP) is 28.4. The average molecular weight is 1380 g/mol. The minimum atomic E-state index is -4.40. The average Bonchev–Trinajstić information content (AvgIpc) is 2.17. The van der Waals surface area contributed by atoms with E-state index < -0.39 is 26.5 Å². The van der Waals surface area contributed by atoms with Crippen molar-refractivity contribution in [3.05, 3.63) is 85.1 Å². The Morgan fingerprint density at radius 2 is 0.567 bits per heavy atom. The van der Waals surface area contributed by atoms with E-state index in [2.05, 4.69) is 98.9 Å². The quantitative estimate of drug-likeness (QED) is 0.0264. The van der Waals surface area contributed by atoms with Crippen molar-refractivity contribution >= 4 is 19.8 Å². The van der Waals surface area contributed by atoms with Crippen LogP contribution in [0.1, 0.15) is 425 Å². The van der Waals surface area contributed by atoms with Crippen molar-refractivity contribution in [1.82, 2.24) is 0 Å². The molecule has 0 aliphatic heterocycles.